The van der Waals surface area contributed by atoms with Crippen molar-refractivity contribution in [2.75, 3.05) is 11.4 Å². The lowest BCUT2D eigenvalue weighted by Gasteiger charge is -2.29. The van der Waals surface area contributed by atoms with Gasteiger partial charge in [-0.15, -0.1) is 0 Å². The lowest BCUT2D eigenvalue weighted by atomic mass is 10.1. The lowest BCUT2D eigenvalue weighted by molar-refractivity contribution is 0.112. The van der Waals surface area contributed by atoms with Crippen molar-refractivity contribution in [1.82, 2.24) is 0 Å². The van der Waals surface area contributed by atoms with E-state index in [1.807, 2.05) is 24.3 Å². The molecule has 0 atom stereocenters. The molecule has 0 aromatic heterocycles. The van der Waals surface area contributed by atoms with Crippen LogP contribution in [0.4, 0.5) is 5.69 Å². The topological polar surface area (TPSA) is 20.3 Å². The van der Waals surface area contributed by atoms with Gasteiger partial charge in [0.1, 0.15) is 6.29 Å². The molecule has 86 valence electrons. The van der Waals surface area contributed by atoms with Crippen LogP contribution in [0.15, 0.2) is 24.3 Å². The summed E-state index contributed by atoms with van der Waals surface area (Å²) in [5.74, 6) is 0.883. The Morgan fingerprint density at radius 2 is 1.94 bits per heavy atom. The molecule has 0 spiro atoms. The van der Waals surface area contributed by atoms with Crippen molar-refractivity contribution in [3.05, 3.63) is 29.8 Å². The van der Waals surface area contributed by atoms with Crippen LogP contribution in [-0.2, 0) is 0 Å². The molecule has 0 aliphatic heterocycles. The molecule has 0 bridgehead atoms. The van der Waals surface area contributed by atoms with Gasteiger partial charge in [-0.05, 0) is 56.9 Å². The molecule has 1 aromatic rings. The summed E-state index contributed by atoms with van der Waals surface area (Å²) in [6.07, 6.45) is 3.63. The Morgan fingerprint density at radius 3 is 2.38 bits per heavy atom. The number of aldehydes is 1. The van der Waals surface area contributed by atoms with Crippen LogP contribution in [0.3, 0.4) is 0 Å². The number of hydrogen-bond donors (Lipinski definition) is 0. The Labute approximate surface area is 97.3 Å². The van der Waals surface area contributed by atoms with Gasteiger partial charge in [0, 0.05) is 23.8 Å². The van der Waals surface area contributed by atoms with Crippen LogP contribution in [0.2, 0.25) is 0 Å². The molecular weight excluding hydrogens is 198 g/mol. The van der Waals surface area contributed by atoms with Crippen LogP contribution in [0, 0.1) is 5.92 Å². The number of hydrogen-bond acceptors (Lipinski definition) is 2. The maximum Gasteiger partial charge on any atom is 0.150 e. The summed E-state index contributed by atoms with van der Waals surface area (Å²) in [5, 5.41) is 0. The van der Waals surface area contributed by atoms with Gasteiger partial charge in [-0.1, -0.05) is 0 Å². The third-order valence-corrected chi connectivity index (χ3v) is 3.14. The van der Waals surface area contributed by atoms with Crippen LogP contribution >= 0.6 is 0 Å². The summed E-state index contributed by atoms with van der Waals surface area (Å²) in [6.45, 7) is 5.59. The number of carbonyl (C=O) groups is 1. The van der Waals surface area contributed by atoms with Gasteiger partial charge in [0.05, 0.1) is 0 Å². The van der Waals surface area contributed by atoms with Gasteiger partial charge >= 0.3 is 0 Å². The van der Waals surface area contributed by atoms with Crippen LogP contribution in [0.5, 0.6) is 0 Å². The zero-order valence-electron chi connectivity index (χ0n) is 10.0. The summed E-state index contributed by atoms with van der Waals surface area (Å²) < 4.78 is 0. The summed E-state index contributed by atoms with van der Waals surface area (Å²) in [7, 11) is 0. The highest BCUT2D eigenvalue weighted by atomic mass is 16.1. The summed E-state index contributed by atoms with van der Waals surface area (Å²) >= 11 is 0. The quantitative estimate of drug-likeness (QED) is 0.706. The number of carbonyl (C=O) groups excluding carboxylic acids is 1. The molecule has 2 nitrogen and oxygen atoms in total. The second-order valence-corrected chi connectivity index (χ2v) is 4.90. The normalized spacial score (nSPS) is 15.2. The van der Waals surface area contributed by atoms with Crippen LogP contribution in [-0.4, -0.2) is 18.9 Å². The standard InChI is InChI=1S/C14H19NO/c1-11(2)15(9-12-3-4-12)14-7-5-13(10-16)6-8-14/h5-8,10-12H,3-4,9H2,1-2H3. The largest absolute Gasteiger partial charge is 0.369 e. The molecule has 0 heterocycles. The Morgan fingerprint density at radius 1 is 1.31 bits per heavy atom. The zero-order valence-corrected chi connectivity index (χ0v) is 10.0. The van der Waals surface area contributed by atoms with Crippen molar-refractivity contribution in [3.63, 3.8) is 0 Å². The van der Waals surface area contributed by atoms with E-state index in [9.17, 15) is 4.79 Å². The van der Waals surface area contributed by atoms with E-state index in [-0.39, 0.29) is 0 Å². The smallest absolute Gasteiger partial charge is 0.150 e. The first-order valence-corrected chi connectivity index (χ1v) is 6.02. The molecule has 0 unspecified atom stereocenters. The molecule has 0 saturated heterocycles. The molecule has 2 heteroatoms. The Bertz CT molecular complexity index is 352. The van der Waals surface area contributed by atoms with Crippen molar-refractivity contribution < 1.29 is 4.79 Å². The monoisotopic (exact) mass is 217 g/mol. The molecule has 2 rings (SSSR count). The highest BCUT2D eigenvalue weighted by Gasteiger charge is 2.25. The van der Waals surface area contributed by atoms with Crippen LogP contribution in [0.1, 0.15) is 37.0 Å². The molecule has 1 aliphatic carbocycles. The van der Waals surface area contributed by atoms with Gasteiger partial charge < -0.3 is 4.90 Å². The fourth-order valence-corrected chi connectivity index (χ4v) is 1.94. The maximum atomic E-state index is 10.6. The van der Waals surface area contributed by atoms with E-state index < -0.39 is 0 Å². The maximum absolute atomic E-state index is 10.6. The van der Waals surface area contributed by atoms with Gasteiger partial charge in [0.25, 0.3) is 0 Å². The minimum atomic E-state index is 0.516. The third kappa shape index (κ3) is 2.63. The highest BCUT2D eigenvalue weighted by Crippen LogP contribution is 2.32. The molecule has 0 N–H and O–H groups in total. The Hall–Kier alpha value is -1.31. The molecule has 16 heavy (non-hydrogen) atoms. The van der Waals surface area contributed by atoms with Crippen molar-refractivity contribution in [1.29, 1.82) is 0 Å². The predicted molar refractivity (Wildman–Crippen MR) is 67.0 cm³/mol. The molecule has 1 aliphatic rings. The predicted octanol–water partition coefficient (Wildman–Crippen LogP) is 3.12. The third-order valence-electron chi connectivity index (χ3n) is 3.14. The van der Waals surface area contributed by atoms with Gasteiger partial charge in [0.15, 0.2) is 0 Å². The SMILES string of the molecule is CC(C)N(CC1CC1)c1ccc(C=O)cc1. The first-order valence-electron chi connectivity index (χ1n) is 6.02. The van der Waals surface area contributed by atoms with Crippen molar-refractivity contribution in [3.8, 4) is 0 Å². The van der Waals surface area contributed by atoms with E-state index in [0.717, 1.165) is 24.3 Å². The molecule has 0 radical (unpaired) electrons. The minimum absolute atomic E-state index is 0.516. The van der Waals surface area contributed by atoms with Gasteiger partial charge in [-0.25, -0.2) is 0 Å². The van der Waals surface area contributed by atoms with E-state index >= 15 is 0 Å². The van der Waals surface area contributed by atoms with Crippen molar-refractivity contribution in [2.24, 2.45) is 5.92 Å². The van der Waals surface area contributed by atoms with Crippen molar-refractivity contribution in [2.45, 2.75) is 32.7 Å². The molecule has 0 amide bonds. The van der Waals surface area contributed by atoms with E-state index in [4.69, 9.17) is 0 Å². The molecule has 1 aromatic carbocycles. The number of nitrogens with zero attached hydrogens (tertiary/aromatic N) is 1. The number of benzene rings is 1. The Balaban J connectivity index is 2.13. The first-order chi connectivity index (χ1) is 7.70. The van der Waals surface area contributed by atoms with E-state index in [0.29, 0.717) is 6.04 Å². The summed E-state index contributed by atoms with van der Waals surface area (Å²) in [6, 6.07) is 8.40. The summed E-state index contributed by atoms with van der Waals surface area (Å²) in [5.41, 5.74) is 1.98. The number of rotatable bonds is 5. The van der Waals surface area contributed by atoms with Crippen LogP contribution < -0.4 is 4.90 Å². The average molecular weight is 217 g/mol. The average Bonchev–Trinajstić information content (AvgIpc) is 3.09. The molecular formula is C14H19NO. The Kier molecular flexibility index (Phi) is 3.28. The fraction of sp³-hybridized carbons (Fsp3) is 0.500. The van der Waals surface area contributed by atoms with E-state index in [2.05, 4.69) is 18.7 Å². The van der Waals surface area contributed by atoms with Gasteiger partial charge in [0.2, 0.25) is 0 Å². The van der Waals surface area contributed by atoms with E-state index in [1.165, 1.54) is 18.5 Å². The second-order valence-electron chi connectivity index (χ2n) is 4.90. The van der Waals surface area contributed by atoms with Gasteiger partial charge in [-0.2, -0.15) is 0 Å². The fourth-order valence-electron chi connectivity index (χ4n) is 1.94. The zero-order chi connectivity index (χ0) is 11.5. The lowest BCUT2D eigenvalue weighted by Crippen LogP contribution is -2.32. The highest BCUT2D eigenvalue weighted by molar-refractivity contribution is 5.75. The number of anilines is 1. The summed E-state index contributed by atoms with van der Waals surface area (Å²) in [4.78, 5) is 13.0. The van der Waals surface area contributed by atoms with Gasteiger partial charge in [-0.3, -0.25) is 4.79 Å². The van der Waals surface area contributed by atoms with E-state index in [1.54, 1.807) is 0 Å². The first kappa shape index (κ1) is 11.2. The minimum Gasteiger partial charge on any atom is -0.369 e. The molecule has 1 saturated carbocycles. The van der Waals surface area contributed by atoms with Crippen molar-refractivity contribution >= 4 is 12.0 Å². The van der Waals surface area contributed by atoms with Crippen LogP contribution in [0.25, 0.3) is 0 Å². The molecule has 1 fully saturated rings. The second kappa shape index (κ2) is 4.69.